The maximum absolute atomic E-state index is 11.8. The van der Waals surface area contributed by atoms with Gasteiger partial charge in [0.25, 0.3) is 0 Å². The lowest BCUT2D eigenvalue weighted by atomic mass is 10.2. The Balaban J connectivity index is 2.20. The van der Waals surface area contributed by atoms with Crippen molar-refractivity contribution >= 4 is 5.91 Å². The van der Waals surface area contributed by atoms with Crippen molar-refractivity contribution < 1.29 is 14.6 Å². The first-order valence-electron chi connectivity index (χ1n) is 7.08. The van der Waals surface area contributed by atoms with Crippen LogP contribution >= 0.6 is 0 Å². The van der Waals surface area contributed by atoms with Crippen LogP contribution in [0.1, 0.15) is 19.3 Å². The minimum Gasteiger partial charge on any atom is -0.395 e. The molecule has 112 valence electrons. The van der Waals surface area contributed by atoms with Gasteiger partial charge in [-0.05, 0) is 25.8 Å². The van der Waals surface area contributed by atoms with E-state index in [0.717, 1.165) is 25.9 Å². The van der Waals surface area contributed by atoms with E-state index in [4.69, 9.17) is 9.84 Å². The van der Waals surface area contributed by atoms with Gasteiger partial charge in [0.2, 0.25) is 5.91 Å². The number of nitrogens with zero attached hydrogens (tertiary/aromatic N) is 1. The molecule has 1 aliphatic rings. The molecule has 1 fully saturated rings. The van der Waals surface area contributed by atoms with Crippen molar-refractivity contribution in [2.24, 2.45) is 0 Å². The van der Waals surface area contributed by atoms with Gasteiger partial charge in [-0.3, -0.25) is 9.69 Å². The van der Waals surface area contributed by atoms with Gasteiger partial charge in [0.1, 0.15) is 0 Å². The van der Waals surface area contributed by atoms with Crippen molar-refractivity contribution in [3.05, 3.63) is 0 Å². The SMILES string of the molecule is COCCCNC(=O)CN(CCO)CC1CCCN1. The summed E-state index contributed by atoms with van der Waals surface area (Å²) >= 11 is 0. The topological polar surface area (TPSA) is 73.8 Å². The first-order valence-corrected chi connectivity index (χ1v) is 7.08. The van der Waals surface area contributed by atoms with Crippen LogP contribution in [-0.2, 0) is 9.53 Å². The highest BCUT2D eigenvalue weighted by atomic mass is 16.5. The van der Waals surface area contributed by atoms with Crippen LogP contribution in [0.25, 0.3) is 0 Å². The van der Waals surface area contributed by atoms with Gasteiger partial charge < -0.3 is 20.5 Å². The smallest absolute Gasteiger partial charge is 0.234 e. The molecule has 0 bridgehead atoms. The van der Waals surface area contributed by atoms with Gasteiger partial charge in [0, 0.05) is 39.4 Å². The predicted octanol–water partition coefficient (Wildman–Crippen LogP) is -0.815. The Labute approximate surface area is 115 Å². The molecule has 0 saturated carbocycles. The number of carbonyl (C=O) groups excluding carboxylic acids is 1. The summed E-state index contributed by atoms with van der Waals surface area (Å²) in [4.78, 5) is 13.8. The third kappa shape index (κ3) is 7.47. The first-order chi connectivity index (χ1) is 9.26. The van der Waals surface area contributed by atoms with E-state index in [1.54, 1.807) is 7.11 Å². The number of hydrogen-bond acceptors (Lipinski definition) is 5. The molecule has 1 unspecified atom stereocenters. The number of nitrogens with one attached hydrogen (secondary N) is 2. The van der Waals surface area contributed by atoms with Crippen molar-refractivity contribution in [3.63, 3.8) is 0 Å². The van der Waals surface area contributed by atoms with Crippen molar-refractivity contribution in [1.82, 2.24) is 15.5 Å². The number of aliphatic hydroxyl groups is 1. The molecule has 6 heteroatoms. The summed E-state index contributed by atoms with van der Waals surface area (Å²) in [6.07, 6.45) is 3.17. The molecule has 1 rings (SSSR count). The third-order valence-electron chi connectivity index (χ3n) is 3.27. The van der Waals surface area contributed by atoms with Gasteiger partial charge in [0.15, 0.2) is 0 Å². The van der Waals surface area contributed by atoms with Crippen LogP contribution in [0.15, 0.2) is 0 Å². The Hall–Kier alpha value is -0.690. The van der Waals surface area contributed by atoms with E-state index < -0.39 is 0 Å². The maximum Gasteiger partial charge on any atom is 0.234 e. The molecule has 0 aromatic heterocycles. The van der Waals surface area contributed by atoms with Crippen molar-refractivity contribution in [3.8, 4) is 0 Å². The van der Waals surface area contributed by atoms with Crippen molar-refractivity contribution in [2.45, 2.75) is 25.3 Å². The van der Waals surface area contributed by atoms with E-state index in [9.17, 15) is 4.79 Å². The fourth-order valence-corrected chi connectivity index (χ4v) is 2.30. The molecule has 0 aliphatic carbocycles. The molecule has 1 saturated heterocycles. The van der Waals surface area contributed by atoms with Gasteiger partial charge in [-0.2, -0.15) is 0 Å². The number of carbonyl (C=O) groups is 1. The van der Waals surface area contributed by atoms with E-state index in [-0.39, 0.29) is 12.5 Å². The molecule has 0 aromatic rings. The van der Waals surface area contributed by atoms with Crippen LogP contribution in [0.5, 0.6) is 0 Å². The summed E-state index contributed by atoms with van der Waals surface area (Å²) < 4.78 is 4.93. The van der Waals surface area contributed by atoms with Gasteiger partial charge in [0.05, 0.1) is 13.2 Å². The Morgan fingerprint density at radius 1 is 1.58 bits per heavy atom. The molecule has 0 radical (unpaired) electrons. The van der Waals surface area contributed by atoms with Gasteiger partial charge in [-0.15, -0.1) is 0 Å². The van der Waals surface area contributed by atoms with Gasteiger partial charge in [-0.1, -0.05) is 0 Å². The summed E-state index contributed by atoms with van der Waals surface area (Å²) in [5.41, 5.74) is 0. The number of methoxy groups -OCH3 is 1. The normalized spacial score (nSPS) is 19.0. The number of amides is 1. The molecule has 19 heavy (non-hydrogen) atoms. The van der Waals surface area contributed by atoms with E-state index in [1.165, 1.54) is 6.42 Å². The van der Waals surface area contributed by atoms with E-state index in [1.807, 2.05) is 4.90 Å². The summed E-state index contributed by atoms with van der Waals surface area (Å²) in [5, 5.41) is 15.3. The molecule has 0 aromatic carbocycles. The highest BCUT2D eigenvalue weighted by Crippen LogP contribution is 2.06. The van der Waals surface area contributed by atoms with E-state index >= 15 is 0 Å². The highest BCUT2D eigenvalue weighted by molar-refractivity contribution is 5.77. The highest BCUT2D eigenvalue weighted by Gasteiger charge is 2.19. The van der Waals surface area contributed by atoms with Crippen LogP contribution in [0, 0.1) is 0 Å². The third-order valence-corrected chi connectivity index (χ3v) is 3.27. The molecule has 1 amide bonds. The van der Waals surface area contributed by atoms with Crippen molar-refractivity contribution in [2.75, 3.05) is 53.0 Å². The second kappa shape index (κ2) is 10.1. The molecular formula is C13H27N3O3. The standard InChI is InChI=1S/C13H27N3O3/c1-19-9-3-6-15-13(18)11-16(7-8-17)10-12-4-2-5-14-12/h12,14,17H,2-11H2,1H3,(H,15,18). The Bertz CT molecular complexity index is 245. The molecule has 1 heterocycles. The van der Waals surface area contributed by atoms with Crippen LogP contribution < -0.4 is 10.6 Å². The first kappa shape index (κ1) is 16.4. The zero-order chi connectivity index (χ0) is 13.9. The summed E-state index contributed by atoms with van der Waals surface area (Å²) in [5.74, 6) is 0.0163. The summed E-state index contributed by atoms with van der Waals surface area (Å²) in [6.45, 7) is 4.17. The Morgan fingerprint density at radius 3 is 3.05 bits per heavy atom. The molecule has 6 nitrogen and oxygen atoms in total. The van der Waals surface area contributed by atoms with Crippen LogP contribution in [0.3, 0.4) is 0 Å². The van der Waals surface area contributed by atoms with Gasteiger partial charge in [-0.25, -0.2) is 0 Å². The average Bonchev–Trinajstić information content (AvgIpc) is 2.88. The monoisotopic (exact) mass is 273 g/mol. The molecule has 3 N–H and O–H groups in total. The second-order valence-corrected chi connectivity index (χ2v) is 4.95. The maximum atomic E-state index is 11.8. The van der Waals surface area contributed by atoms with Crippen LogP contribution in [-0.4, -0.2) is 75.0 Å². The average molecular weight is 273 g/mol. The Kier molecular flexibility index (Phi) is 8.73. The van der Waals surface area contributed by atoms with Crippen molar-refractivity contribution in [1.29, 1.82) is 0 Å². The van der Waals surface area contributed by atoms with E-state index in [0.29, 0.717) is 32.3 Å². The van der Waals surface area contributed by atoms with E-state index in [2.05, 4.69) is 10.6 Å². The number of ether oxygens (including phenoxy) is 1. The number of rotatable bonds is 10. The zero-order valence-electron chi connectivity index (χ0n) is 11.9. The molecular weight excluding hydrogens is 246 g/mol. The zero-order valence-corrected chi connectivity index (χ0v) is 11.9. The van der Waals surface area contributed by atoms with Crippen LogP contribution in [0.4, 0.5) is 0 Å². The molecule has 1 atom stereocenters. The minimum absolute atomic E-state index is 0.0163. The largest absolute Gasteiger partial charge is 0.395 e. The van der Waals surface area contributed by atoms with Crippen LogP contribution in [0.2, 0.25) is 0 Å². The molecule has 0 spiro atoms. The van der Waals surface area contributed by atoms with Gasteiger partial charge >= 0.3 is 0 Å². The Morgan fingerprint density at radius 2 is 2.42 bits per heavy atom. The predicted molar refractivity (Wildman–Crippen MR) is 74.1 cm³/mol. The lowest BCUT2D eigenvalue weighted by Crippen LogP contribution is -2.44. The minimum atomic E-state index is 0.0163. The fourth-order valence-electron chi connectivity index (χ4n) is 2.30. The molecule has 1 aliphatic heterocycles. The lowest BCUT2D eigenvalue weighted by Gasteiger charge is -2.24. The summed E-state index contributed by atoms with van der Waals surface area (Å²) in [6, 6.07) is 0.452. The number of aliphatic hydroxyl groups excluding tert-OH is 1. The quantitative estimate of drug-likeness (QED) is 0.454. The fraction of sp³-hybridized carbons (Fsp3) is 0.923. The number of hydrogen-bond donors (Lipinski definition) is 3. The lowest BCUT2D eigenvalue weighted by molar-refractivity contribution is -0.122. The second-order valence-electron chi connectivity index (χ2n) is 4.95. The summed E-state index contributed by atoms with van der Waals surface area (Å²) in [7, 11) is 1.65.